The highest BCUT2D eigenvalue weighted by Gasteiger charge is 2.40. The Balaban J connectivity index is 1.78. The summed E-state index contributed by atoms with van der Waals surface area (Å²) in [5.41, 5.74) is -0.516. The number of amides is 1. The van der Waals surface area contributed by atoms with Gasteiger partial charge in [-0.1, -0.05) is 29.3 Å². The quantitative estimate of drug-likeness (QED) is 0.547. The van der Waals surface area contributed by atoms with Crippen LogP contribution < -0.4 is 14.8 Å². The number of hydrogen-bond acceptors (Lipinski definition) is 4. The molecule has 3 aromatic rings. The molecule has 0 bridgehead atoms. The molecule has 11 heteroatoms. The average Bonchev–Trinajstić information content (AvgIpc) is 3.13. The van der Waals surface area contributed by atoms with E-state index in [2.05, 4.69) is 10.4 Å². The molecule has 0 fully saturated rings. The van der Waals surface area contributed by atoms with Crippen LogP contribution in [0.3, 0.4) is 0 Å². The molecule has 0 saturated heterocycles. The molecule has 0 aliphatic rings. The molecule has 1 aromatic heterocycles. The fourth-order valence-electron chi connectivity index (χ4n) is 2.55. The van der Waals surface area contributed by atoms with Gasteiger partial charge in [0.15, 0.2) is 11.4 Å². The summed E-state index contributed by atoms with van der Waals surface area (Å²) in [4.78, 5) is 12.0. The highest BCUT2D eigenvalue weighted by molar-refractivity contribution is 6.42. The third-order valence-corrected chi connectivity index (χ3v) is 4.68. The second-order valence-corrected chi connectivity index (χ2v) is 6.77. The van der Waals surface area contributed by atoms with E-state index in [1.807, 2.05) is 0 Å². The van der Waals surface area contributed by atoms with Crippen LogP contribution in [-0.2, 0) is 12.7 Å². The van der Waals surface area contributed by atoms with Crippen molar-refractivity contribution in [3.8, 4) is 17.2 Å². The van der Waals surface area contributed by atoms with E-state index in [9.17, 15) is 18.0 Å². The van der Waals surface area contributed by atoms with Crippen LogP contribution in [-0.4, -0.2) is 23.0 Å². The zero-order valence-electron chi connectivity index (χ0n) is 15.3. The average molecular weight is 460 g/mol. The molecule has 0 aliphatic heterocycles. The van der Waals surface area contributed by atoms with Gasteiger partial charge in [-0.05, 0) is 42.0 Å². The smallest absolute Gasteiger partial charge is 0.437 e. The van der Waals surface area contributed by atoms with Crippen molar-refractivity contribution in [2.75, 3.05) is 7.11 Å². The molecule has 0 unspecified atom stereocenters. The minimum Gasteiger partial charge on any atom is -0.497 e. The van der Waals surface area contributed by atoms with Gasteiger partial charge in [-0.15, -0.1) is 0 Å². The number of methoxy groups -OCH3 is 1. The van der Waals surface area contributed by atoms with E-state index in [0.29, 0.717) is 21.0 Å². The van der Waals surface area contributed by atoms with E-state index in [-0.39, 0.29) is 17.3 Å². The maximum absolute atomic E-state index is 13.6. The minimum atomic E-state index is -4.82. The Kier molecular flexibility index (Phi) is 6.42. The SMILES string of the molecule is COc1ccc(-n2ncc(OC(=O)NCc3ccc(Cl)c(Cl)c3)c2C(F)(F)F)cc1. The summed E-state index contributed by atoms with van der Waals surface area (Å²) in [5.74, 6) is -0.262. The van der Waals surface area contributed by atoms with Crippen LogP contribution in [0.1, 0.15) is 11.3 Å². The molecule has 30 heavy (non-hydrogen) atoms. The third kappa shape index (κ3) is 4.98. The van der Waals surface area contributed by atoms with Gasteiger partial charge < -0.3 is 14.8 Å². The van der Waals surface area contributed by atoms with Gasteiger partial charge in [-0.25, -0.2) is 9.48 Å². The molecular weight excluding hydrogens is 446 g/mol. The van der Waals surface area contributed by atoms with Gasteiger partial charge in [0.2, 0.25) is 0 Å². The first kappa shape index (κ1) is 21.8. The first-order valence-corrected chi connectivity index (χ1v) is 9.14. The number of halogens is 5. The summed E-state index contributed by atoms with van der Waals surface area (Å²) in [6.07, 6.45) is -5.08. The van der Waals surface area contributed by atoms with Crippen LogP contribution in [0.4, 0.5) is 18.0 Å². The van der Waals surface area contributed by atoms with Crippen molar-refractivity contribution in [2.24, 2.45) is 0 Å². The second-order valence-electron chi connectivity index (χ2n) is 5.96. The number of rotatable bonds is 5. The predicted octanol–water partition coefficient (Wildman–Crippen LogP) is 5.50. The molecule has 6 nitrogen and oxygen atoms in total. The van der Waals surface area contributed by atoms with Crippen LogP contribution >= 0.6 is 23.2 Å². The first-order chi connectivity index (χ1) is 14.2. The van der Waals surface area contributed by atoms with Crippen LogP contribution in [0.15, 0.2) is 48.7 Å². The number of nitrogens with one attached hydrogen (secondary N) is 1. The molecule has 0 spiro atoms. The number of benzene rings is 2. The zero-order chi connectivity index (χ0) is 21.9. The summed E-state index contributed by atoms with van der Waals surface area (Å²) in [6.45, 7) is -0.0241. The van der Waals surface area contributed by atoms with Gasteiger partial charge in [0, 0.05) is 6.54 Å². The number of ether oxygens (including phenoxy) is 2. The number of carbonyl (C=O) groups excluding carboxylic acids is 1. The Labute approximate surface area is 179 Å². The lowest BCUT2D eigenvalue weighted by atomic mass is 10.2. The van der Waals surface area contributed by atoms with E-state index < -0.39 is 23.7 Å². The zero-order valence-corrected chi connectivity index (χ0v) is 16.8. The number of alkyl halides is 3. The van der Waals surface area contributed by atoms with E-state index in [4.69, 9.17) is 32.7 Å². The van der Waals surface area contributed by atoms with Crippen molar-refractivity contribution in [1.82, 2.24) is 15.1 Å². The number of nitrogens with zero attached hydrogens (tertiary/aromatic N) is 2. The molecule has 1 heterocycles. The molecule has 158 valence electrons. The van der Waals surface area contributed by atoms with Crippen molar-refractivity contribution >= 4 is 29.3 Å². The lowest BCUT2D eigenvalue weighted by Gasteiger charge is -2.13. The van der Waals surface area contributed by atoms with Gasteiger partial charge >= 0.3 is 12.3 Å². The fraction of sp³-hybridized carbons (Fsp3) is 0.158. The van der Waals surface area contributed by atoms with Crippen LogP contribution in [0.5, 0.6) is 11.5 Å². The summed E-state index contributed by atoms with van der Waals surface area (Å²) in [5, 5.41) is 6.69. The van der Waals surface area contributed by atoms with Gasteiger partial charge in [0.05, 0.1) is 29.0 Å². The van der Waals surface area contributed by atoms with E-state index in [1.54, 1.807) is 6.07 Å². The van der Waals surface area contributed by atoms with Gasteiger partial charge in [0.1, 0.15) is 5.75 Å². The largest absolute Gasteiger partial charge is 0.497 e. The van der Waals surface area contributed by atoms with Crippen molar-refractivity contribution in [3.05, 3.63) is 70.0 Å². The second kappa shape index (κ2) is 8.85. The van der Waals surface area contributed by atoms with Gasteiger partial charge in [0.25, 0.3) is 0 Å². The monoisotopic (exact) mass is 459 g/mol. The molecule has 2 aromatic carbocycles. The number of aromatic nitrogens is 2. The molecule has 0 saturated carbocycles. The maximum Gasteiger partial charge on any atom is 0.437 e. The number of hydrogen-bond donors (Lipinski definition) is 1. The lowest BCUT2D eigenvalue weighted by molar-refractivity contribution is -0.143. The van der Waals surface area contributed by atoms with E-state index in [1.165, 1.54) is 43.5 Å². The molecule has 1 amide bonds. The van der Waals surface area contributed by atoms with Crippen LogP contribution in [0.2, 0.25) is 10.0 Å². The molecule has 3 rings (SSSR count). The van der Waals surface area contributed by atoms with E-state index >= 15 is 0 Å². The Morgan fingerprint density at radius 1 is 1.13 bits per heavy atom. The Hall–Kier alpha value is -2.91. The maximum atomic E-state index is 13.6. The van der Waals surface area contributed by atoms with Crippen molar-refractivity contribution in [3.63, 3.8) is 0 Å². The topological polar surface area (TPSA) is 65.4 Å². The van der Waals surface area contributed by atoms with Crippen LogP contribution in [0, 0.1) is 0 Å². The summed E-state index contributed by atoms with van der Waals surface area (Å²) in [6, 6.07) is 10.4. The molecule has 0 radical (unpaired) electrons. The molecule has 0 aliphatic carbocycles. The van der Waals surface area contributed by atoms with Gasteiger partial charge in [-0.2, -0.15) is 18.3 Å². The first-order valence-electron chi connectivity index (χ1n) is 8.38. The van der Waals surface area contributed by atoms with Crippen LogP contribution in [0.25, 0.3) is 5.69 Å². The molecular formula is C19H14Cl2F3N3O3. The Morgan fingerprint density at radius 2 is 1.83 bits per heavy atom. The van der Waals surface area contributed by atoms with Gasteiger partial charge in [-0.3, -0.25) is 0 Å². The number of carbonyl (C=O) groups is 1. The summed E-state index contributed by atoms with van der Waals surface area (Å²) in [7, 11) is 1.44. The Morgan fingerprint density at radius 3 is 2.43 bits per heavy atom. The molecule has 0 atom stereocenters. The Bertz CT molecular complexity index is 1050. The molecule has 1 N–H and O–H groups in total. The highest BCUT2D eigenvalue weighted by Crippen LogP contribution is 2.37. The van der Waals surface area contributed by atoms with E-state index in [0.717, 1.165) is 6.20 Å². The van der Waals surface area contributed by atoms with Crippen molar-refractivity contribution < 1.29 is 27.4 Å². The normalized spacial score (nSPS) is 11.3. The van der Waals surface area contributed by atoms with Crippen molar-refractivity contribution in [1.29, 1.82) is 0 Å². The summed E-state index contributed by atoms with van der Waals surface area (Å²) < 4.78 is 51.4. The lowest BCUT2D eigenvalue weighted by Crippen LogP contribution is -2.27. The third-order valence-electron chi connectivity index (χ3n) is 3.94. The minimum absolute atomic E-state index is 0.0241. The fourth-order valence-corrected chi connectivity index (χ4v) is 2.87. The van der Waals surface area contributed by atoms with Crippen molar-refractivity contribution in [2.45, 2.75) is 12.7 Å². The predicted molar refractivity (Wildman–Crippen MR) is 104 cm³/mol. The standard InChI is InChI=1S/C19H14Cl2F3N3O3/c1-29-13-5-3-12(4-6-13)27-17(19(22,23)24)16(10-26-27)30-18(28)25-9-11-2-7-14(20)15(21)8-11/h2-8,10H,9H2,1H3,(H,25,28). The summed E-state index contributed by atoms with van der Waals surface area (Å²) >= 11 is 11.7. The highest BCUT2D eigenvalue weighted by atomic mass is 35.5.